The lowest BCUT2D eigenvalue weighted by molar-refractivity contribution is 0.413. The van der Waals surface area contributed by atoms with E-state index in [2.05, 4.69) is 0 Å². The van der Waals surface area contributed by atoms with Crippen LogP contribution in [0.25, 0.3) is 0 Å². The van der Waals surface area contributed by atoms with Crippen molar-refractivity contribution in [3.8, 4) is 46.0 Å². The Balaban J connectivity index is 1.48. The number of aryl methyl sites for hydroxylation is 4. The number of phenolic OH excluding ortho intramolecular Hbond substituents is 8. The lowest BCUT2D eigenvalue weighted by Crippen LogP contribution is -2.15. The molecule has 536 valence electrons. The SMILES string of the molecule is O=S(=O)(O)CCSCc1c(O)c2cc(c1O)C(CCc1ccccc1)c1cc(c(O)c(CSCCS(=O)(=O)O)c1O)C(CCc1ccccc1)c1cc(c(O)c(CSCCS(=O)(=O)O)c1O)C(CCc1ccccc1)c1cc(c(O)c(CSCCS(=O)(=O)O)c1O)C2CCc1ccccc1. The van der Waals surface area contributed by atoms with Gasteiger partial charge in [0.2, 0.25) is 0 Å². The molecular weight excluding hydrogens is 1440 g/mol. The van der Waals surface area contributed by atoms with Crippen LogP contribution in [0.15, 0.2) is 146 Å². The van der Waals surface area contributed by atoms with Gasteiger partial charge in [-0.05, 0) is 97.9 Å². The molecule has 0 aromatic heterocycles. The number of phenols is 8. The Labute approximate surface area is 600 Å². The maximum Gasteiger partial charge on any atom is 0.265 e. The zero-order chi connectivity index (χ0) is 72.1. The van der Waals surface area contributed by atoms with E-state index in [0.29, 0.717) is 0 Å². The summed E-state index contributed by atoms with van der Waals surface area (Å²) in [6.45, 7) is 0. The monoisotopic (exact) mass is 1520 g/mol. The van der Waals surface area contributed by atoms with Crippen LogP contribution in [0.2, 0.25) is 0 Å². The first-order chi connectivity index (χ1) is 47.5. The molecule has 8 bridgehead atoms. The third-order valence-electron chi connectivity index (χ3n) is 17.9. The van der Waals surface area contributed by atoms with Crippen LogP contribution in [0, 0.1) is 0 Å². The average Bonchev–Trinajstić information content (AvgIpc) is 0.742. The molecule has 0 unspecified atom stereocenters. The molecule has 1 aliphatic rings. The van der Waals surface area contributed by atoms with Gasteiger partial charge in [0.15, 0.2) is 0 Å². The molecule has 0 saturated heterocycles. The van der Waals surface area contributed by atoms with Crippen LogP contribution in [-0.2, 0) is 89.2 Å². The molecule has 0 radical (unpaired) electrons. The standard InChI is InChI=1S/C72H80O20S8/c73-65-53-37-55(67(75)61(65)41-93-29-33-97(81,82)83)50(26-22-46-15-7-2-8-16-46)57-39-59(71(79)63(69(57)77)43-95-31-35-99(87,88)89)52(28-24-48-19-11-4-12-20-48)60-40-58(70(78)64(72(60)80)44-96-32-36-100(90,91)92)51(27-23-47-17-9-3-10-18-47)56-38-54(49(53)25-21-45-13-5-1-6-14-45)66(74)62(68(56)76)42-94-30-34-98(84,85)86/h1-20,37-40,49-52,73-80H,21-36,41-44H2,(H,81,82,83)(H,84,85,86)(H,87,88,89)(H,90,91,92). The van der Waals surface area contributed by atoms with Crippen molar-refractivity contribution in [1.82, 2.24) is 0 Å². The number of fused-ring (bicyclic) bond motifs is 8. The molecule has 0 fully saturated rings. The molecule has 1 aliphatic carbocycles. The van der Waals surface area contributed by atoms with Gasteiger partial charge < -0.3 is 40.9 Å². The lowest BCUT2D eigenvalue weighted by atomic mass is 9.74. The van der Waals surface area contributed by atoms with Crippen molar-refractivity contribution in [1.29, 1.82) is 0 Å². The van der Waals surface area contributed by atoms with Crippen molar-refractivity contribution < 1.29 is 92.7 Å². The van der Waals surface area contributed by atoms with E-state index in [0.717, 1.165) is 69.3 Å². The summed E-state index contributed by atoms with van der Waals surface area (Å²) in [6.07, 6.45) is 1.07. The first-order valence-corrected chi connectivity index (χ1v) is 43.1. The summed E-state index contributed by atoms with van der Waals surface area (Å²) in [5.74, 6) is -13.8. The van der Waals surface area contributed by atoms with E-state index < -0.39 is 133 Å². The molecule has 0 amide bonds. The second-order valence-corrected chi connectivity index (χ2v) is 35.3. The Bertz CT molecular complexity index is 3930. The maximum atomic E-state index is 13.2. The van der Waals surface area contributed by atoms with Crippen LogP contribution in [0.1, 0.15) is 138 Å². The molecular formula is C72H80O20S8. The molecule has 28 heteroatoms. The Morgan fingerprint density at radius 3 is 0.570 bits per heavy atom. The first-order valence-electron chi connectivity index (χ1n) is 32.0. The van der Waals surface area contributed by atoms with E-state index in [-0.39, 0.29) is 164 Å². The topological polar surface area (TPSA) is 379 Å². The van der Waals surface area contributed by atoms with Gasteiger partial charge in [-0.15, -0.1) is 0 Å². The molecule has 0 spiro atoms. The van der Waals surface area contributed by atoms with Crippen molar-refractivity contribution in [2.45, 2.75) is 98.0 Å². The van der Waals surface area contributed by atoms with Crippen molar-refractivity contribution in [2.75, 3.05) is 46.0 Å². The average molecular weight is 1520 g/mol. The fraction of sp³-hybridized carbons (Fsp3) is 0.333. The van der Waals surface area contributed by atoms with Crippen molar-refractivity contribution >= 4 is 87.5 Å². The minimum absolute atomic E-state index is 0.0375. The third kappa shape index (κ3) is 20.7. The number of aromatic hydroxyl groups is 8. The van der Waals surface area contributed by atoms with Gasteiger partial charge in [-0.25, -0.2) is 0 Å². The Kier molecular flexibility index (Phi) is 26.7. The highest BCUT2D eigenvalue weighted by atomic mass is 32.2. The van der Waals surface area contributed by atoms with Crippen LogP contribution < -0.4 is 0 Å². The largest absolute Gasteiger partial charge is 0.507 e. The molecule has 0 saturated carbocycles. The summed E-state index contributed by atoms with van der Waals surface area (Å²) in [5.41, 5.74) is 3.24. The summed E-state index contributed by atoms with van der Waals surface area (Å²) in [5, 5.41) is 106. The second-order valence-electron chi connectivity index (χ2n) is 24.6. The second kappa shape index (κ2) is 34.4. The molecule has 12 N–H and O–H groups in total. The predicted molar refractivity (Wildman–Crippen MR) is 396 cm³/mol. The molecule has 8 aromatic carbocycles. The van der Waals surface area contributed by atoms with E-state index in [1.54, 1.807) is 24.3 Å². The lowest BCUT2D eigenvalue weighted by Gasteiger charge is -2.32. The minimum atomic E-state index is -4.53. The zero-order valence-electron chi connectivity index (χ0n) is 54.2. The van der Waals surface area contributed by atoms with Crippen LogP contribution in [0.5, 0.6) is 46.0 Å². The smallest absolute Gasteiger partial charge is 0.265 e. The van der Waals surface area contributed by atoms with E-state index in [1.165, 1.54) is 0 Å². The molecule has 100 heavy (non-hydrogen) atoms. The van der Waals surface area contributed by atoms with Gasteiger partial charge in [-0.2, -0.15) is 80.7 Å². The molecule has 9 rings (SSSR count). The molecule has 0 heterocycles. The fourth-order valence-corrected chi connectivity index (χ4v) is 20.6. The van der Waals surface area contributed by atoms with Crippen molar-refractivity contribution in [2.24, 2.45) is 0 Å². The normalized spacial score (nSPS) is 15.8. The van der Waals surface area contributed by atoms with Crippen LogP contribution >= 0.6 is 47.0 Å². The van der Waals surface area contributed by atoms with Crippen LogP contribution in [-0.4, -0.2) is 139 Å². The van der Waals surface area contributed by atoms with Gasteiger partial charge in [0.1, 0.15) is 46.0 Å². The third-order valence-corrected chi connectivity index (χ3v) is 25.8. The number of rotatable bonds is 32. The minimum Gasteiger partial charge on any atom is -0.507 e. The van der Waals surface area contributed by atoms with Crippen LogP contribution in [0.4, 0.5) is 0 Å². The fourth-order valence-electron chi connectivity index (χ4n) is 12.8. The van der Waals surface area contributed by atoms with Crippen molar-refractivity contribution in [3.05, 3.63) is 235 Å². The predicted octanol–water partition coefficient (Wildman–Crippen LogP) is 13.2. The highest BCUT2D eigenvalue weighted by Gasteiger charge is 2.38. The number of benzene rings is 8. The van der Waals surface area contributed by atoms with Gasteiger partial charge in [0.05, 0.1) is 23.0 Å². The van der Waals surface area contributed by atoms with Crippen LogP contribution in [0.3, 0.4) is 0 Å². The number of thioether (sulfide) groups is 4. The first kappa shape index (κ1) is 77.4. The summed E-state index contributed by atoms with van der Waals surface area (Å²) < 4.78 is 137. The number of hydrogen-bond acceptors (Lipinski definition) is 20. The van der Waals surface area contributed by atoms with Gasteiger partial charge >= 0.3 is 0 Å². The quantitative estimate of drug-likeness (QED) is 0.0138. The summed E-state index contributed by atoms with van der Waals surface area (Å²) in [6, 6.07) is 43.1. The van der Waals surface area contributed by atoms with E-state index in [4.69, 9.17) is 0 Å². The Morgan fingerprint density at radius 2 is 0.420 bits per heavy atom. The summed E-state index contributed by atoms with van der Waals surface area (Å²) in [4.78, 5) is 0. The molecule has 0 atom stereocenters. The molecule has 0 aliphatic heterocycles. The molecule has 20 nitrogen and oxygen atoms in total. The van der Waals surface area contributed by atoms with E-state index >= 15 is 0 Å². The van der Waals surface area contributed by atoms with E-state index in [1.807, 2.05) is 121 Å². The summed E-state index contributed by atoms with van der Waals surface area (Å²) in [7, 11) is -18.1. The highest BCUT2D eigenvalue weighted by Crippen LogP contribution is 2.57. The van der Waals surface area contributed by atoms with Gasteiger partial charge in [-0.3, -0.25) is 18.2 Å². The van der Waals surface area contributed by atoms with Gasteiger partial charge in [0.25, 0.3) is 40.5 Å². The van der Waals surface area contributed by atoms with Crippen molar-refractivity contribution in [3.63, 3.8) is 0 Å². The van der Waals surface area contributed by atoms with Gasteiger partial charge in [-0.1, -0.05) is 121 Å². The van der Waals surface area contributed by atoms with Gasteiger partial charge in [0, 0.05) is 136 Å². The Morgan fingerprint density at radius 1 is 0.260 bits per heavy atom. The molecule has 8 aromatic rings. The summed E-state index contributed by atoms with van der Waals surface area (Å²) >= 11 is 3.80. The van der Waals surface area contributed by atoms with E-state index in [9.17, 15) is 92.7 Å². The number of hydrogen-bond donors (Lipinski definition) is 12. The maximum absolute atomic E-state index is 13.2. The zero-order valence-corrected chi connectivity index (χ0v) is 60.7. The Hall–Kier alpha value is -6.80. The highest BCUT2D eigenvalue weighted by molar-refractivity contribution is 8.00.